The molecule has 2 unspecified atom stereocenters. The van der Waals surface area contributed by atoms with E-state index in [0.717, 1.165) is 6.42 Å². The van der Waals surface area contributed by atoms with E-state index in [1.165, 1.54) is 11.1 Å². The third-order valence-corrected chi connectivity index (χ3v) is 41.3. The number of benzene rings is 4. The van der Waals surface area contributed by atoms with Gasteiger partial charge in [0.05, 0.1) is 0 Å². The van der Waals surface area contributed by atoms with E-state index < -0.39 is 25.4 Å². The fraction of sp³-hybridized carbons (Fsp3) is 0.0857. The van der Waals surface area contributed by atoms with Gasteiger partial charge in [-0.2, -0.15) is 0 Å². The van der Waals surface area contributed by atoms with E-state index in [4.69, 9.17) is 0 Å². The Balaban J connectivity index is 0.00000154. The Labute approximate surface area is 249 Å². The van der Waals surface area contributed by atoms with Crippen molar-refractivity contribution in [3.05, 3.63) is 165 Å². The van der Waals surface area contributed by atoms with Crippen molar-refractivity contribution < 1.29 is 19.4 Å². The summed E-state index contributed by atoms with van der Waals surface area (Å²) in [7, 11) is 0. The Morgan fingerprint density at radius 3 is 1.49 bits per heavy atom. The van der Waals surface area contributed by atoms with Gasteiger partial charge < -0.3 is 0 Å². The van der Waals surface area contributed by atoms with Crippen molar-refractivity contribution >= 4 is 53.3 Å². The molecule has 3 aliphatic carbocycles. The summed E-state index contributed by atoms with van der Waals surface area (Å²) >= 11 is -3.50. The molecule has 0 radical (unpaired) electrons. The van der Waals surface area contributed by atoms with Crippen LogP contribution in [0.25, 0.3) is 12.2 Å². The van der Waals surface area contributed by atoms with E-state index in [1.807, 2.05) is 0 Å². The van der Waals surface area contributed by atoms with Crippen molar-refractivity contribution in [3.63, 3.8) is 0 Å². The number of allylic oxidation sites excluding steroid dienone is 6. The average molecular weight is 643 g/mol. The van der Waals surface area contributed by atoms with E-state index in [-0.39, 0.29) is 24.8 Å². The third-order valence-electron chi connectivity index (χ3n) is 8.70. The molecule has 0 saturated heterocycles. The molecule has 2 atom stereocenters. The largest absolute Gasteiger partial charge is 0.147 e. The maximum Gasteiger partial charge on any atom is -0.147 e. The van der Waals surface area contributed by atoms with Gasteiger partial charge in [-0.05, 0) is 0 Å². The molecule has 4 aromatic carbocycles. The molecule has 0 bridgehead atoms. The molecule has 4 heteroatoms. The molecule has 0 amide bonds. The molecule has 39 heavy (non-hydrogen) atoms. The van der Waals surface area contributed by atoms with E-state index in [2.05, 4.69) is 152 Å². The fourth-order valence-electron chi connectivity index (χ4n) is 7.27. The van der Waals surface area contributed by atoms with E-state index >= 15 is 0 Å². The zero-order valence-electron chi connectivity index (χ0n) is 21.7. The second-order valence-corrected chi connectivity index (χ2v) is 31.8. The van der Waals surface area contributed by atoms with Gasteiger partial charge in [-0.25, -0.2) is 0 Å². The molecule has 0 spiro atoms. The SMILES string of the molecule is C1=CC[C]([Zr]([CH]2C=Cc3ccccc32)([CH]2C=Cc3ccccc32)[SiH](c2ccccc2)c2ccccc2)=C1.Cl.Cl. The van der Waals surface area contributed by atoms with Gasteiger partial charge in [0, 0.05) is 0 Å². The Morgan fingerprint density at radius 2 is 1.03 bits per heavy atom. The zero-order chi connectivity index (χ0) is 24.7. The van der Waals surface area contributed by atoms with Gasteiger partial charge in [0.15, 0.2) is 0 Å². The summed E-state index contributed by atoms with van der Waals surface area (Å²) in [6.07, 6.45) is 18.5. The molecule has 0 N–H and O–H groups in total. The molecule has 0 heterocycles. The molecule has 0 aliphatic heterocycles. The summed E-state index contributed by atoms with van der Waals surface area (Å²) in [6.45, 7) is 0. The molecule has 0 saturated carbocycles. The van der Waals surface area contributed by atoms with E-state index in [1.54, 1.807) is 24.8 Å². The minimum atomic E-state index is -3.50. The van der Waals surface area contributed by atoms with Gasteiger partial charge in [-0.15, -0.1) is 24.8 Å². The summed E-state index contributed by atoms with van der Waals surface area (Å²) in [4.78, 5) is 0. The summed E-state index contributed by atoms with van der Waals surface area (Å²) in [5.74, 6) is -1.68. The molecular formula is C35H32Cl2SiZr. The van der Waals surface area contributed by atoms with Gasteiger partial charge in [0.1, 0.15) is 0 Å². The third kappa shape index (κ3) is 4.66. The van der Waals surface area contributed by atoms with Gasteiger partial charge >= 0.3 is 227 Å². The molecule has 194 valence electrons. The van der Waals surface area contributed by atoms with Crippen LogP contribution in [-0.2, 0) is 19.4 Å². The number of hydrogen-bond acceptors (Lipinski definition) is 0. The monoisotopic (exact) mass is 640 g/mol. The second-order valence-electron chi connectivity index (χ2n) is 10.4. The van der Waals surface area contributed by atoms with Gasteiger partial charge in [0.25, 0.3) is 0 Å². The number of halogens is 2. The van der Waals surface area contributed by atoms with Crippen molar-refractivity contribution in [2.45, 2.75) is 13.7 Å². The van der Waals surface area contributed by atoms with Crippen LogP contribution < -0.4 is 10.4 Å². The van der Waals surface area contributed by atoms with Crippen LogP contribution in [0.3, 0.4) is 0 Å². The second kappa shape index (κ2) is 11.9. The Kier molecular flexibility index (Phi) is 8.60. The maximum absolute atomic E-state index is 3.50. The minimum absolute atomic E-state index is 0. The topological polar surface area (TPSA) is 0 Å². The van der Waals surface area contributed by atoms with Gasteiger partial charge in [-0.1, -0.05) is 0 Å². The quantitative estimate of drug-likeness (QED) is 0.188. The normalized spacial score (nSPS) is 19.6. The molecule has 0 nitrogen and oxygen atoms in total. The van der Waals surface area contributed by atoms with Crippen LogP contribution in [0, 0.1) is 0 Å². The van der Waals surface area contributed by atoms with Crippen LogP contribution in [-0.4, -0.2) is 5.92 Å². The first-order valence-electron chi connectivity index (χ1n) is 13.4. The Bertz CT molecular complexity index is 1470. The number of rotatable bonds is 6. The van der Waals surface area contributed by atoms with Crippen LogP contribution in [0.15, 0.2) is 143 Å². The first-order chi connectivity index (χ1) is 18.4. The molecule has 0 aromatic heterocycles. The summed E-state index contributed by atoms with van der Waals surface area (Å²) in [5, 5.41) is 3.21. The van der Waals surface area contributed by atoms with Crippen LogP contribution in [0.5, 0.6) is 0 Å². The Morgan fingerprint density at radius 1 is 0.564 bits per heavy atom. The fourth-order valence-corrected chi connectivity index (χ4v) is 45.7. The molecular weight excluding hydrogens is 611 g/mol. The van der Waals surface area contributed by atoms with Crippen molar-refractivity contribution in [1.29, 1.82) is 0 Å². The predicted octanol–water partition coefficient (Wildman–Crippen LogP) is 7.90. The van der Waals surface area contributed by atoms with Gasteiger partial charge in [0.2, 0.25) is 0 Å². The average Bonchev–Trinajstić information content (AvgIpc) is 3.74. The number of hydrogen-bond donors (Lipinski definition) is 0. The summed E-state index contributed by atoms with van der Waals surface area (Å²) < 4.78 is 2.81. The van der Waals surface area contributed by atoms with E-state index in [0.29, 0.717) is 7.25 Å². The van der Waals surface area contributed by atoms with Crippen LogP contribution in [0.1, 0.15) is 35.9 Å². The molecule has 4 aromatic rings. The summed E-state index contributed by atoms with van der Waals surface area (Å²) in [6, 6.07) is 41.7. The first-order valence-corrected chi connectivity index (χ1v) is 23.4. The van der Waals surface area contributed by atoms with Crippen molar-refractivity contribution in [2.24, 2.45) is 0 Å². The minimum Gasteiger partial charge on any atom is -0.147 e. The Hall–Kier alpha value is -2.48. The predicted molar refractivity (Wildman–Crippen MR) is 172 cm³/mol. The smallest absolute Gasteiger partial charge is 0.147 e. The molecule has 0 fully saturated rings. The number of fused-ring (bicyclic) bond motifs is 2. The first kappa shape index (κ1) is 28.1. The summed E-state index contributed by atoms with van der Waals surface area (Å²) in [5.41, 5.74) is 5.97. The molecule has 3 aliphatic rings. The van der Waals surface area contributed by atoms with E-state index in [9.17, 15) is 0 Å². The molecule has 7 rings (SSSR count). The van der Waals surface area contributed by atoms with Crippen LogP contribution in [0.4, 0.5) is 0 Å². The standard InChI is InChI=1S/C12H11Si.2C9H7.C5H5.2ClH.Zr/c1-3-7-11(8-4-1)13-12-9-5-2-6-10-12;2*1-2-5-9-7-3-6-8(9)4-1;1-2-4-5-3-1;;;/h1-10,13H;2*1-7H;1-3H,4H2;2*1H;. The maximum atomic E-state index is 2.63. The van der Waals surface area contributed by atoms with Crippen molar-refractivity contribution in [1.82, 2.24) is 0 Å². The van der Waals surface area contributed by atoms with Crippen molar-refractivity contribution in [3.8, 4) is 0 Å². The van der Waals surface area contributed by atoms with Crippen LogP contribution >= 0.6 is 24.8 Å². The van der Waals surface area contributed by atoms with Crippen molar-refractivity contribution in [2.75, 3.05) is 0 Å². The van der Waals surface area contributed by atoms with Gasteiger partial charge in [-0.3, -0.25) is 0 Å². The van der Waals surface area contributed by atoms with Crippen LogP contribution in [0.2, 0.25) is 0 Å². The zero-order valence-corrected chi connectivity index (χ0v) is 26.9.